The maximum absolute atomic E-state index is 13.8. The molecular formula is C16H8Cl2F4IN3. The lowest BCUT2D eigenvalue weighted by atomic mass is 10.2. The van der Waals surface area contributed by atoms with Crippen LogP contribution in [0.1, 0.15) is 0 Å². The predicted octanol–water partition coefficient (Wildman–Crippen LogP) is 6.22. The third-order valence-electron chi connectivity index (χ3n) is 3.41. The molecule has 0 aliphatic rings. The molecule has 0 amide bonds. The number of fused-ring (bicyclic) bond motifs is 1. The quantitative estimate of drug-likeness (QED) is 0.234. The number of nitrogens with zero attached hydrogens (tertiary/aromatic N) is 3. The van der Waals surface area contributed by atoms with Crippen molar-refractivity contribution < 1.29 is 17.6 Å². The van der Waals surface area contributed by atoms with E-state index in [1.807, 2.05) is 22.6 Å². The fourth-order valence-corrected chi connectivity index (χ4v) is 3.50. The Bertz CT molecular complexity index is 967. The molecule has 0 radical (unpaired) electrons. The van der Waals surface area contributed by atoms with Crippen molar-refractivity contribution in [2.24, 2.45) is 0 Å². The average Bonchev–Trinajstić information content (AvgIpc) is 2.52. The van der Waals surface area contributed by atoms with Crippen LogP contribution in [0.2, 0.25) is 10.3 Å². The van der Waals surface area contributed by atoms with Crippen molar-refractivity contribution in [1.29, 1.82) is 0 Å². The number of hydrogen-bond acceptors (Lipinski definition) is 3. The highest BCUT2D eigenvalue weighted by Crippen LogP contribution is 2.35. The number of benzene rings is 2. The first-order valence-electron chi connectivity index (χ1n) is 7.08. The van der Waals surface area contributed by atoms with Crippen LogP contribution in [0.5, 0.6) is 0 Å². The lowest BCUT2D eigenvalue weighted by Crippen LogP contribution is -2.25. The normalized spacial score (nSPS) is 11.4. The second-order valence-corrected chi connectivity index (χ2v) is 7.22. The van der Waals surface area contributed by atoms with Crippen molar-refractivity contribution in [1.82, 2.24) is 9.97 Å². The maximum atomic E-state index is 13.8. The Morgan fingerprint density at radius 2 is 1.69 bits per heavy atom. The van der Waals surface area contributed by atoms with Crippen LogP contribution in [0.15, 0.2) is 30.3 Å². The van der Waals surface area contributed by atoms with Crippen molar-refractivity contribution >= 4 is 68.2 Å². The maximum Gasteiger partial charge on any atom is 0.256 e. The molecule has 0 saturated carbocycles. The second-order valence-electron chi connectivity index (χ2n) is 5.23. The highest BCUT2D eigenvalue weighted by Gasteiger charge is 2.22. The van der Waals surface area contributed by atoms with E-state index in [1.165, 1.54) is 12.1 Å². The van der Waals surface area contributed by atoms with Crippen molar-refractivity contribution in [2.75, 3.05) is 11.4 Å². The summed E-state index contributed by atoms with van der Waals surface area (Å²) in [5.41, 5.74) is 0.222. The molecular weight excluding hydrogens is 508 g/mol. The minimum atomic E-state index is -2.77. The Hall–Kier alpha value is -1.39. The van der Waals surface area contributed by atoms with Crippen LogP contribution in [0.4, 0.5) is 29.1 Å². The third kappa shape index (κ3) is 4.12. The van der Waals surface area contributed by atoms with Gasteiger partial charge in [-0.15, -0.1) is 0 Å². The molecule has 136 valence electrons. The van der Waals surface area contributed by atoms with E-state index in [2.05, 4.69) is 9.97 Å². The first kappa shape index (κ1) is 19.4. The molecule has 0 unspecified atom stereocenters. The van der Waals surface area contributed by atoms with E-state index in [-0.39, 0.29) is 32.7 Å². The fraction of sp³-hybridized carbons (Fsp3) is 0.125. The summed E-state index contributed by atoms with van der Waals surface area (Å²) in [5, 5.41) is -0.220. The van der Waals surface area contributed by atoms with E-state index in [0.29, 0.717) is 3.57 Å². The van der Waals surface area contributed by atoms with E-state index in [0.717, 1.165) is 23.1 Å². The Morgan fingerprint density at radius 1 is 1.00 bits per heavy atom. The Labute approximate surface area is 169 Å². The molecule has 0 saturated heterocycles. The number of alkyl halides is 2. The SMILES string of the molecule is Fc1cc(I)cc(N(CC(F)F)c2nc(Cl)nc3c(Cl)cc(F)cc23)c1. The molecule has 0 bridgehead atoms. The van der Waals surface area contributed by atoms with Crippen LogP contribution in [-0.2, 0) is 0 Å². The molecule has 0 fully saturated rings. The van der Waals surface area contributed by atoms with Crippen LogP contribution in [-0.4, -0.2) is 22.9 Å². The minimum absolute atomic E-state index is 0.0450. The Kier molecular flexibility index (Phi) is 5.73. The average molecular weight is 516 g/mol. The summed E-state index contributed by atoms with van der Waals surface area (Å²) in [5.74, 6) is -1.40. The minimum Gasteiger partial charge on any atom is -0.320 e. The summed E-state index contributed by atoms with van der Waals surface area (Å²) in [7, 11) is 0. The first-order chi connectivity index (χ1) is 12.2. The van der Waals surface area contributed by atoms with Crippen molar-refractivity contribution in [2.45, 2.75) is 6.43 Å². The molecule has 0 N–H and O–H groups in total. The summed E-state index contributed by atoms with van der Waals surface area (Å²) in [6.45, 7) is -0.809. The van der Waals surface area contributed by atoms with Gasteiger partial charge in [0, 0.05) is 14.6 Å². The first-order valence-corrected chi connectivity index (χ1v) is 8.92. The Balaban J connectivity index is 2.30. The van der Waals surface area contributed by atoms with Crippen LogP contribution >= 0.6 is 45.8 Å². The smallest absolute Gasteiger partial charge is 0.256 e. The van der Waals surface area contributed by atoms with Gasteiger partial charge in [0.2, 0.25) is 5.28 Å². The van der Waals surface area contributed by atoms with Gasteiger partial charge < -0.3 is 4.90 Å². The zero-order valence-electron chi connectivity index (χ0n) is 12.7. The molecule has 3 rings (SSSR count). The van der Waals surface area contributed by atoms with E-state index >= 15 is 0 Å². The molecule has 0 aliphatic heterocycles. The third-order valence-corrected chi connectivity index (χ3v) is 4.49. The number of anilines is 2. The van der Waals surface area contributed by atoms with Gasteiger partial charge in [0.05, 0.1) is 17.1 Å². The lowest BCUT2D eigenvalue weighted by Gasteiger charge is -2.25. The van der Waals surface area contributed by atoms with Gasteiger partial charge in [0.15, 0.2) is 0 Å². The highest BCUT2D eigenvalue weighted by atomic mass is 127. The summed E-state index contributed by atoms with van der Waals surface area (Å²) in [4.78, 5) is 8.96. The Morgan fingerprint density at radius 3 is 2.35 bits per heavy atom. The molecule has 10 heteroatoms. The van der Waals surface area contributed by atoms with Gasteiger partial charge >= 0.3 is 0 Å². The molecule has 2 aromatic carbocycles. The topological polar surface area (TPSA) is 29.0 Å². The highest BCUT2D eigenvalue weighted by molar-refractivity contribution is 14.1. The monoisotopic (exact) mass is 515 g/mol. The van der Waals surface area contributed by atoms with E-state index < -0.39 is 24.6 Å². The van der Waals surface area contributed by atoms with Gasteiger partial charge in [0.25, 0.3) is 6.43 Å². The zero-order valence-corrected chi connectivity index (χ0v) is 16.3. The van der Waals surface area contributed by atoms with Crippen molar-refractivity contribution in [3.05, 3.63) is 55.8 Å². The van der Waals surface area contributed by atoms with Gasteiger partial charge in [-0.05, 0) is 64.5 Å². The number of halogens is 7. The van der Waals surface area contributed by atoms with Gasteiger partial charge in [-0.25, -0.2) is 22.5 Å². The summed E-state index contributed by atoms with van der Waals surface area (Å²) in [6.07, 6.45) is -2.77. The molecule has 3 nitrogen and oxygen atoms in total. The number of aromatic nitrogens is 2. The number of hydrogen-bond donors (Lipinski definition) is 0. The largest absolute Gasteiger partial charge is 0.320 e. The number of rotatable bonds is 4. The van der Waals surface area contributed by atoms with Crippen LogP contribution in [0.3, 0.4) is 0 Å². The van der Waals surface area contributed by atoms with Crippen LogP contribution < -0.4 is 4.90 Å². The summed E-state index contributed by atoms with van der Waals surface area (Å²) < 4.78 is 54.5. The molecule has 0 atom stereocenters. The second kappa shape index (κ2) is 7.69. The van der Waals surface area contributed by atoms with Crippen LogP contribution in [0.25, 0.3) is 10.9 Å². The van der Waals surface area contributed by atoms with Crippen LogP contribution in [0, 0.1) is 15.2 Å². The van der Waals surface area contributed by atoms with Gasteiger partial charge in [0.1, 0.15) is 17.5 Å². The molecule has 1 heterocycles. The summed E-state index contributed by atoms with van der Waals surface area (Å²) in [6, 6.07) is 5.91. The molecule has 0 spiro atoms. The zero-order chi connectivity index (χ0) is 19.0. The van der Waals surface area contributed by atoms with E-state index in [1.54, 1.807) is 0 Å². The fourth-order valence-electron chi connectivity index (χ4n) is 2.47. The van der Waals surface area contributed by atoms with Gasteiger partial charge in [-0.3, -0.25) is 0 Å². The van der Waals surface area contributed by atoms with Gasteiger partial charge in [-0.2, -0.15) is 4.98 Å². The molecule has 3 aromatic rings. The summed E-state index contributed by atoms with van der Waals surface area (Å²) >= 11 is 13.8. The van der Waals surface area contributed by atoms with Crippen molar-refractivity contribution in [3.63, 3.8) is 0 Å². The van der Waals surface area contributed by atoms with E-state index in [4.69, 9.17) is 23.2 Å². The van der Waals surface area contributed by atoms with Gasteiger partial charge in [-0.1, -0.05) is 11.6 Å². The standard InChI is InChI=1S/C16H8Cl2F4IN3/c17-12-4-8(20)3-11-14(12)24-16(18)25-15(11)26(6-13(21)22)10-2-7(19)1-9(23)5-10/h1-5,13H,6H2. The predicted molar refractivity (Wildman–Crippen MR) is 102 cm³/mol. The lowest BCUT2D eigenvalue weighted by molar-refractivity contribution is 0.158. The molecule has 26 heavy (non-hydrogen) atoms. The van der Waals surface area contributed by atoms with Crippen molar-refractivity contribution in [3.8, 4) is 0 Å². The van der Waals surface area contributed by atoms with E-state index in [9.17, 15) is 17.6 Å². The molecule has 0 aliphatic carbocycles. The molecule has 1 aromatic heterocycles.